The first-order chi connectivity index (χ1) is 7.82. The van der Waals surface area contributed by atoms with E-state index in [-0.39, 0.29) is 23.8 Å². The number of hydrogen-bond donors (Lipinski definition) is 1. The van der Waals surface area contributed by atoms with E-state index in [2.05, 4.69) is 0 Å². The first kappa shape index (κ1) is 14.4. The van der Waals surface area contributed by atoms with E-state index in [0.29, 0.717) is 6.54 Å². The van der Waals surface area contributed by atoms with Crippen molar-refractivity contribution in [1.29, 1.82) is 0 Å². The molecule has 1 unspecified atom stereocenters. The molecule has 0 spiro atoms. The number of carbonyl (C=O) groups excluding carboxylic acids is 1. The lowest BCUT2D eigenvalue weighted by Gasteiger charge is -2.37. The highest BCUT2D eigenvalue weighted by atomic mass is 32.2. The fourth-order valence-electron chi connectivity index (χ4n) is 1.93. The van der Waals surface area contributed by atoms with Crippen LogP contribution in [0.5, 0.6) is 0 Å². The van der Waals surface area contributed by atoms with Gasteiger partial charge in [-0.15, -0.1) is 0 Å². The number of carbonyl (C=O) groups is 2. The van der Waals surface area contributed by atoms with E-state index in [4.69, 9.17) is 5.11 Å². The summed E-state index contributed by atoms with van der Waals surface area (Å²) >= 11 is 1.80. The molecule has 0 saturated carbocycles. The zero-order chi connectivity index (χ0) is 13.1. The first-order valence-corrected chi connectivity index (χ1v) is 7.09. The van der Waals surface area contributed by atoms with Crippen molar-refractivity contribution in [2.24, 2.45) is 5.92 Å². The van der Waals surface area contributed by atoms with Crippen molar-refractivity contribution in [2.75, 3.05) is 18.1 Å². The maximum absolute atomic E-state index is 12.3. The van der Waals surface area contributed by atoms with Gasteiger partial charge in [-0.3, -0.25) is 9.59 Å². The summed E-state index contributed by atoms with van der Waals surface area (Å²) in [5, 5.41) is 8.73. The van der Waals surface area contributed by atoms with Crippen LogP contribution in [0.4, 0.5) is 0 Å². The number of amides is 1. The largest absolute Gasteiger partial charge is 0.481 e. The van der Waals surface area contributed by atoms with Gasteiger partial charge >= 0.3 is 5.97 Å². The molecule has 0 aromatic rings. The standard InChI is InChI=1S/C12H21NO3S/c1-12(2,3)13(6-4-10(14)15)11(16)9-5-7-17-8-9/h9H,4-8H2,1-3H3,(H,14,15). The smallest absolute Gasteiger partial charge is 0.305 e. The number of aliphatic carboxylic acids is 1. The summed E-state index contributed by atoms with van der Waals surface area (Å²) in [5.74, 6) is 1.25. The van der Waals surface area contributed by atoms with Crippen LogP contribution in [0.2, 0.25) is 0 Å². The van der Waals surface area contributed by atoms with Crippen molar-refractivity contribution in [3.05, 3.63) is 0 Å². The molecule has 0 radical (unpaired) electrons. The second kappa shape index (κ2) is 5.76. The number of thioether (sulfide) groups is 1. The van der Waals surface area contributed by atoms with Crippen LogP contribution in [-0.2, 0) is 9.59 Å². The summed E-state index contributed by atoms with van der Waals surface area (Å²) in [6.45, 7) is 6.16. The van der Waals surface area contributed by atoms with Crippen molar-refractivity contribution < 1.29 is 14.7 Å². The van der Waals surface area contributed by atoms with E-state index in [0.717, 1.165) is 17.9 Å². The lowest BCUT2D eigenvalue weighted by molar-refractivity contribution is -0.142. The Morgan fingerprint density at radius 1 is 1.41 bits per heavy atom. The molecule has 1 saturated heterocycles. The van der Waals surface area contributed by atoms with Crippen molar-refractivity contribution >= 4 is 23.6 Å². The average Bonchev–Trinajstić information content (AvgIpc) is 2.67. The van der Waals surface area contributed by atoms with Crippen LogP contribution in [0.1, 0.15) is 33.6 Å². The number of carboxylic acids is 1. The maximum Gasteiger partial charge on any atom is 0.305 e. The van der Waals surface area contributed by atoms with Gasteiger partial charge in [0.25, 0.3) is 0 Å². The van der Waals surface area contributed by atoms with Gasteiger partial charge in [0.2, 0.25) is 5.91 Å². The normalized spacial score (nSPS) is 20.3. The third-order valence-electron chi connectivity index (χ3n) is 2.90. The Kier molecular flexibility index (Phi) is 4.86. The van der Waals surface area contributed by atoms with Crippen LogP contribution in [0.3, 0.4) is 0 Å². The molecule has 0 bridgehead atoms. The minimum Gasteiger partial charge on any atom is -0.481 e. The van der Waals surface area contributed by atoms with Gasteiger partial charge in [-0.2, -0.15) is 11.8 Å². The molecule has 1 aliphatic rings. The second-order valence-electron chi connectivity index (χ2n) is 5.36. The Morgan fingerprint density at radius 3 is 2.47 bits per heavy atom. The van der Waals surface area contributed by atoms with Gasteiger partial charge in [-0.1, -0.05) is 0 Å². The van der Waals surface area contributed by atoms with Crippen molar-refractivity contribution in [3.8, 4) is 0 Å². The number of rotatable bonds is 4. The Labute approximate surface area is 107 Å². The number of nitrogens with zero attached hydrogens (tertiary/aromatic N) is 1. The van der Waals surface area contributed by atoms with Crippen LogP contribution in [0.25, 0.3) is 0 Å². The zero-order valence-electron chi connectivity index (χ0n) is 10.7. The van der Waals surface area contributed by atoms with E-state index in [1.165, 1.54) is 0 Å². The summed E-state index contributed by atoms with van der Waals surface area (Å²) in [5.41, 5.74) is -0.306. The van der Waals surface area contributed by atoms with Crippen LogP contribution < -0.4 is 0 Å². The van der Waals surface area contributed by atoms with Crippen molar-refractivity contribution in [1.82, 2.24) is 4.90 Å². The van der Waals surface area contributed by atoms with Gasteiger partial charge in [0.1, 0.15) is 0 Å². The average molecular weight is 259 g/mol. The van der Waals surface area contributed by atoms with Gasteiger partial charge in [-0.25, -0.2) is 0 Å². The van der Waals surface area contributed by atoms with Gasteiger partial charge in [0, 0.05) is 23.8 Å². The molecule has 1 amide bonds. The van der Waals surface area contributed by atoms with Crippen LogP contribution in [-0.4, -0.2) is 45.5 Å². The second-order valence-corrected chi connectivity index (χ2v) is 6.51. The minimum absolute atomic E-state index is 0.0167. The highest BCUT2D eigenvalue weighted by molar-refractivity contribution is 7.99. The Hall–Kier alpha value is -0.710. The molecular weight excluding hydrogens is 238 g/mol. The fraction of sp³-hybridized carbons (Fsp3) is 0.833. The lowest BCUT2D eigenvalue weighted by atomic mass is 10.0. The van der Waals surface area contributed by atoms with E-state index in [9.17, 15) is 9.59 Å². The molecule has 1 atom stereocenters. The maximum atomic E-state index is 12.3. The molecule has 1 fully saturated rings. The monoisotopic (exact) mass is 259 g/mol. The molecule has 0 aromatic carbocycles. The van der Waals surface area contributed by atoms with Gasteiger partial charge < -0.3 is 10.0 Å². The highest BCUT2D eigenvalue weighted by Gasteiger charge is 2.33. The fourth-order valence-corrected chi connectivity index (χ4v) is 3.14. The van der Waals surface area contributed by atoms with Gasteiger partial charge in [0.15, 0.2) is 0 Å². The summed E-state index contributed by atoms with van der Waals surface area (Å²) in [6, 6.07) is 0. The molecule has 1 heterocycles. The summed E-state index contributed by atoms with van der Waals surface area (Å²) < 4.78 is 0. The van der Waals surface area contributed by atoms with Crippen LogP contribution >= 0.6 is 11.8 Å². The first-order valence-electron chi connectivity index (χ1n) is 5.93. The quantitative estimate of drug-likeness (QED) is 0.837. The van der Waals surface area contributed by atoms with Crippen molar-refractivity contribution in [3.63, 3.8) is 0 Å². The predicted molar refractivity (Wildman–Crippen MR) is 69.2 cm³/mol. The summed E-state index contributed by atoms with van der Waals surface area (Å²) in [6.07, 6.45) is 0.937. The molecular formula is C12H21NO3S. The Balaban J connectivity index is 2.68. The molecule has 0 aliphatic carbocycles. The molecule has 4 nitrogen and oxygen atoms in total. The molecule has 1 rings (SSSR count). The number of hydrogen-bond acceptors (Lipinski definition) is 3. The molecule has 17 heavy (non-hydrogen) atoms. The molecule has 0 aromatic heterocycles. The third kappa shape index (κ3) is 4.22. The van der Waals surface area contributed by atoms with Crippen LogP contribution in [0.15, 0.2) is 0 Å². The minimum atomic E-state index is -0.854. The van der Waals surface area contributed by atoms with Crippen molar-refractivity contribution in [2.45, 2.75) is 39.2 Å². The van der Waals surface area contributed by atoms with E-state index < -0.39 is 5.97 Å². The van der Waals surface area contributed by atoms with E-state index >= 15 is 0 Å². The Bertz CT molecular complexity index is 293. The number of carboxylic acid groups (broad SMARTS) is 1. The summed E-state index contributed by atoms with van der Waals surface area (Å²) in [7, 11) is 0. The van der Waals surface area contributed by atoms with E-state index in [1.54, 1.807) is 16.7 Å². The molecule has 5 heteroatoms. The Morgan fingerprint density at radius 2 is 2.06 bits per heavy atom. The zero-order valence-corrected chi connectivity index (χ0v) is 11.5. The SMILES string of the molecule is CC(C)(C)N(CCC(=O)O)C(=O)C1CCSC1. The topological polar surface area (TPSA) is 57.6 Å². The lowest BCUT2D eigenvalue weighted by Crippen LogP contribution is -2.49. The highest BCUT2D eigenvalue weighted by Crippen LogP contribution is 2.27. The van der Waals surface area contributed by atoms with Gasteiger partial charge in [-0.05, 0) is 32.9 Å². The third-order valence-corrected chi connectivity index (χ3v) is 4.07. The molecule has 1 aliphatic heterocycles. The molecule has 1 N–H and O–H groups in total. The van der Waals surface area contributed by atoms with E-state index in [1.807, 2.05) is 20.8 Å². The summed E-state index contributed by atoms with van der Waals surface area (Å²) in [4.78, 5) is 24.7. The van der Waals surface area contributed by atoms with Gasteiger partial charge in [0.05, 0.1) is 6.42 Å². The van der Waals surface area contributed by atoms with Crippen LogP contribution in [0, 0.1) is 5.92 Å². The molecule has 98 valence electrons. The predicted octanol–water partition coefficient (Wildman–Crippen LogP) is 1.84.